The summed E-state index contributed by atoms with van der Waals surface area (Å²) in [4.78, 5) is 40.6. The van der Waals surface area contributed by atoms with Crippen LogP contribution in [0.3, 0.4) is 0 Å². The number of ketones is 2. The van der Waals surface area contributed by atoms with E-state index < -0.39 is 0 Å². The fourth-order valence-electron chi connectivity index (χ4n) is 10.1. The van der Waals surface area contributed by atoms with Crippen molar-refractivity contribution in [1.29, 1.82) is 0 Å². The van der Waals surface area contributed by atoms with Crippen LogP contribution in [-0.2, 0) is 14.4 Å². The Labute approximate surface area is 246 Å². The van der Waals surface area contributed by atoms with E-state index in [0.29, 0.717) is 60.9 Å². The summed E-state index contributed by atoms with van der Waals surface area (Å²) in [6.07, 6.45) is 15.2. The number of nitrogens with one attached hydrogen (secondary N) is 1. The molecule has 0 bridgehead atoms. The molecule has 0 aromatic carbocycles. The van der Waals surface area contributed by atoms with Crippen molar-refractivity contribution in [2.24, 2.45) is 46.3 Å². The second kappa shape index (κ2) is 12.4. The van der Waals surface area contributed by atoms with E-state index in [4.69, 9.17) is 0 Å². The molecule has 1 heterocycles. The molecule has 0 aliphatic heterocycles. The lowest BCUT2D eigenvalue weighted by atomic mass is 9.44. The van der Waals surface area contributed by atoms with E-state index in [1.807, 2.05) is 0 Å². The third-order valence-electron chi connectivity index (χ3n) is 12.4. The van der Waals surface area contributed by atoms with Crippen LogP contribution in [0, 0.1) is 46.3 Å². The molecule has 1 N–H and O–H groups in total. The summed E-state index contributed by atoms with van der Waals surface area (Å²) >= 11 is 1.75. The van der Waals surface area contributed by atoms with Gasteiger partial charge in [-0.1, -0.05) is 65.9 Å². The van der Waals surface area contributed by atoms with E-state index in [1.54, 1.807) is 11.3 Å². The Kier molecular flexibility index (Phi) is 9.29. The first-order chi connectivity index (χ1) is 19.2. The number of amides is 1. The van der Waals surface area contributed by atoms with Gasteiger partial charge in [0.2, 0.25) is 5.91 Å². The quantitative estimate of drug-likeness (QED) is 0.272. The monoisotopic (exact) mass is 567 g/mol. The van der Waals surface area contributed by atoms with Crippen molar-refractivity contribution in [2.75, 3.05) is 0 Å². The predicted octanol–water partition coefficient (Wildman–Crippen LogP) is 8.70. The number of thiophene rings is 1. The Bertz CT molecular complexity index is 1050. The number of carbonyl (C=O) groups excluding carboxylic acids is 3. The zero-order valence-electron chi connectivity index (χ0n) is 25.5. The number of fused-ring (bicyclic) bond motifs is 5. The van der Waals surface area contributed by atoms with E-state index in [1.165, 1.54) is 30.6 Å². The minimum absolute atomic E-state index is 0.125. The van der Waals surface area contributed by atoms with Crippen LogP contribution < -0.4 is 5.32 Å². The van der Waals surface area contributed by atoms with Crippen LogP contribution in [0.5, 0.6) is 0 Å². The lowest BCUT2D eigenvalue weighted by molar-refractivity contribution is -0.159. The molecule has 4 nitrogen and oxygen atoms in total. The second-order valence-corrected chi connectivity index (χ2v) is 15.6. The molecule has 0 radical (unpaired) electrons. The molecule has 2 unspecified atom stereocenters. The normalized spacial score (nSPS) is 36.9. The van der Waals surface area contributed by atoms with E-state index in [0.717, 1.165) is 44.9 Å². The van der Waals surface area contributed by atoms with Crippen LogP contribution in [0.15, 0.2) is 17.5 Å². The third kappa shape index (κ3) is 5.75. The molecule has 5 rings (SSSR count). The maximum atomic E-state index is 13.7. The Morgan fingerprint density at radius 2 is 1.80 bits per heavy atom. The molecule has 4 aliphatic carbocycles. The van der Waals surface area contributed by atoms with Gasteiger partial charge in [0.25, 0.3) is 0 Å². The highest BCUT2D eigenvalue weighted by Gasteiger charge is 2.63. The van der Waals surface area contributed by atoms with Crippen molar-refractivity contribution in [2.45, 2.75) is 130 Å². The van der Waals surface area contributed by atoms with Crippen LogP contribution in [0.1, 0.15) is 135 Å². The molecule has 1 aromatic rings. The van der Waals surface area contributed by atoms with Crippen molar-refractivity contribution < 1.29 is 14.4 Å². The SMILES string of the molecule is CCCCCCCC(NC(=O)C[C@@H](C)C1CC[C@H]2[C@@H]3C(=O)C[C@@H]4CC(=O)CC[C@]4(C)[C@H]3CC[C@]12C)c1cccs1. The second-order valence-electron chi connectivity index (χ2n) is 14.6. The average molecular weight is 568 g/mol. The number of rotatable bonds is 11. The largest absolute Gasteiger partial charge is 0.348 e. The lowest BCUT2D eigenvalue weighted by Crippen LogP contribution is -2.57. The van der Waals surface area contributed by atoms with Gasteiger partial charge in [0.05, 0.1) is 6.04 Å². The molecule has 1 amide bonds. The van der Waals surface area contributed by atoms with Crippen molar-refractivity contribution in [1.82, 2.24) is 5.32 Å². The van der Waals surface area contributed by atoms with Crippen LogP contribution in [0.2, 0.25) is 0 Å². The van der Waals surface area contributed by atoms with Gasteiger partial charge < -0.3 is 5.32 Å². The zero-order valence-corrected chi connectivity index (χ0v) is 26.3. The molecular weight excluding hydrogens is 514 g/mol. The smallest absolute Gasteiger partial charge is 0.220 e. The first-order valence-corrected chi connectivity index (χ1v) is 17.4. The summed E-state index contributed by atoms with van der Waals surface area (Å²) in [7, 11) is 0. The first-order valence-electron chi connectivity index (χ1n) is 16.5. The average Bonchev–Trinajstić information content (AvgIpc) is 3.57. The maximum absolute atomic E-state index is 13.7. The molecule has 4 saturated carbocycles. The van der Waals surface area contributed by atoms with Gasteiger partial charge in [0.15, 0.2) is 0 Å². The highest BCUT2D eigenvalue weighted by atomic mass is 32.1. The molecule has 0 spiro atoms. The van der Waals surface area contributed by atoms with Gasteiger partial charge in [-0.2, -0.15) is 0 Å². The topological polar surface area (TPSA) is 63.2 Å². The molecule has 0 saturated heterocycles. The summed E-state index contributed by atoms with van der Waals surface area (Å²) in [6.45, 7) is 9.40. The Morgan fingerprint density at radius 3 is 2.55 bits per heavy atom. The van der Waals surface area contributed by atoms with Gasteiger partial charge in [-0.25, -0.2) is 0 Å². The third-order valence-corrected chi connectivity index (χ3v) is 13.4. The van der Waals surface area contributed by atoms with Gasteiger partial charge in [0.1, 0.15) is 11.6 Å². The van der Waals surface area contributed by atoms with Crippen LogP contribution in [0.4, 0.5) is 0 Å². The van der Waals surface area contributed by atoms with Gasteiger partial charge in [-0.15, -0.1) is 11.3 Å². The fourth-order valence-corrected chi connectivity index (χ4v) is 10.9. The molecule has 9 atom stereocenters. The summed E-state index contributed by atoms with van der Waals surface area (Å²) in [5.74, 6) is 3.10. The van der Waals surface area contributed by atoms with Gasteiger partial charge in [0, 0.05) is 36.5 Å². The van der Waals surface area contributed by atoms with E-state index >= 15 is 0 Å². The van der Waals surface area contributed by atoms with E-state index in [-0.39, 0.29) is 34.6 Å². The van der Waals surface area contributed by atoms with Crippen molar-refractivity contribution in [3.63, 3.8) is 0 Å². The van der Waals surface area contributed by atoms with Crippen molar-refractivity contribution >= 4 is 28.8 Å². The number of Topliss-reactive ketones (excluding diaryl/α,β-unsaturated/α-hetero) is 2. The van der Waals surface area contributed by atoms with Crippen LogP contribution >= 0.6 is 11.3 Å². The van der Waals surface area contributed by atoms with Crippen LogP contribution in [0.25, 0.3) is 0 Å². The molecule has 1 aromatic heterocycles. The highest BCUT2D eigenvalue weighted by molar-refractivity contribution is 7.10. The summed E-state index contributed by atoms with van der Waals surface area (Å²) in [5, 5.41) is 5.55. The van der Waals surface area contributed by atoms with Crippen LogP contribution in [-0.4, -0.2) is 17.5 Å². The number of hydrogen-bond donors (Lipinski definition) is 1. The number of hydrogen-bond acceptors (Lipinski definition) is 4. The van der Waals surface area contributed by atoms with E-state index in [2.05, 4.69) is 50.5 Å². The van der Waals surface area contributed by atoms with Gasteiger partial charge >= 0.3 is 0 Å². The lowest BCUT2D eigenvalue weighted by Gasteiger charge is -2.59. The van der Waals surface area contributed by atoms with Gasteiger partial charge in [-0.05, 0) is 90.4 Å². The summed E-state index contributed by atoms with van der Waals surface area (Å²) in [5.41, 5.74) is 0.279. The molecule has 5 heteroatoms. The zero-order chi connectivity index (χ0) is 28.5. The molecule has 222 valence electrons. The molecule has 4 aliphatic rings. The number of unbranched alkanes of at least 4 members (excludes halogenated alkanes) is 4. The summed E-state index contributed by atoms with van der Waals surface area (Å²) < 4.78 is 0. The van der Waals surface area contributed by atoms with Gasteiger partial charge in [-0.3, -0.25) is 14.4 Å². The van der Waals surface area contributed by atoms with Crippen molar-refractivity contribution in [3.8, 4) is 0 Å². The van der Waals surface area contributed by atoms with E-state index in [9.17, 15) is 14.4 Å². The Hall–Kier alpha value is -1.49. The Balaban J connectivity index is 1.22. The highest BCUT2D eigenvalue weighted by Crippen LogP contribution is 2.67. The molecular formula is C35H53NO3S. The standard InChI is InChI=1S/C35H53NO3S/c1-5-6-7-8-9-11-29(31-12-10-19-40-31)36-32(39)20-23(2)26-13-14-27-33-28(16-18-35(26,27)4)34(3)17-15-25(37)21-24(34)22-30(33)38/h10,12,19,23-24,26-29,33H,5-9,11,13-18,20-22H2,1-4H3,(H,36,39)/t23-,24+,26?,27+,28+,29?,33+,34+,35-/m1/s1. The minimum Gasteiger partial charge on any atom is -0.348 e. The fraction of sp³-hybridized carbons (Fsp3) is 0.800. The molecule has 4 fully saturated rings. The number of carbonyl (C=O) groups is 3. The first kappa shape index (κ1) is 30.0. The minimum atomic E-state index is 0.125. The maximum Gasteiger partial charge on any atom is 0.220 e. The van der Waals surface area contributed by atoms with Crippen molar-refractivity contribution in [3.05, 3.63) is 22.4 Å². The predicted molar refractivity (Wildman–Crippen MR) is 163 cm³/mol. The Morgan fingerprint density at radius 1 is 1.02 bits per heavy atom. The molecule has 40 heavy (non-hydrogen) atoms. The summed E-state index contributed by atoms with van der Waals surface area (Å²) in [6, 6.07) is 4.38.